The lowest BCUT2D eigenvalue weighted by Crippen LogP contribution is -2.33. The molecule has 4 aromatic rings. The van der Waals surface area contributed by atoms with Gasteiger partial charge in [0.2, 0.25) is 0 Å². The number of hydrogen-bond acceptors (Lipinski definition) is 6. The minimum absolute atomic E-state index is 0.0104. The number of halogens is 2. The SMILES string of the molecule is Cc1cc(F)c(C(=O)O)cc1-n1cnc(C2CC2)c1.Cc1cc(F)c(C(=O)O)cc1B(O)O.c1ncc(C2CC2)[nH]1. The van der Waals surface area contributed by atoms with Crippen LogP contribution in [0.15, 0.2) is 49.3 Å². The lowest BCUT2D eigenvalue weighted by Gasteiger charge is -2.08. The summed E-state index contributed by atoms with van der Waals surface area (Å²) in [6.45, 7) is 3.21. The fraction of sp³-hybridized carbons (Fsp3) is 0.286. The number of rotatable bonds is 6. The summed E-state index contributed by atoms with van der Waals surface area (Å²) in [5.74, 6) is -2.96. The average Bonchev–Trinajstić information content (AvgIpc) is 3.83. The van der Waals surface area contributed by atoms with Crippen LogP contribution in [-0.4, -0.2) is 58.8 Å². The van der Waals surface area contributed by atoms with Gasteiger partial charge in [0.1, 0.15) is 11.6 Å². The van der Waals surface area contributed by atoms with Crippen molar-refractivity contribution in [1.82, 2.24) is 19.5 Å². The molecule has 5 N–H and O–H groups in total. The molecule has 2 fully saturated rings. The van der Waals surface area contributed by atoms with E-state index in [4.69, 9.17) is 20.3 Å². The highest BCUT2D eigenvalue weighted by atomic mass is 19.1. The van der Waals surface area contributed by atoms with E-state index in [1.807, 2.05) is 12.4 Å². The predicted octanol–water partition coefficient (Wildman–Crippen LogP) is 3.69. The van der Waals surface area contributed by atoms with Gasteiger partial charge in [-0.15, -0.1) is 0 Å². The zero-order valence-corrected chi connectivity index (χ0v) is 22.4. The van der Waals surface area contributed by atoms with Gasteiger partial charge in [-0.05, 0) is 80.4 Å². The topological polar surface area (TPSA) is 162 Å². The lowest BCUT2D eigenvalue weighted by atomic mass is 9.76. The Kier molecular flexibility index (Phi) is 8.99. The number of carbonyl (C=O) groups is 2. The molecule has 0 aliphatic heterocycles. The molecular formula is C28H29BF2N4O6. The van der Waals surface area contributed by atoms with Crippen LogP contribution in [0, 0.1) is 25.5 Å². The molecule has 2 heterocycles. The Morgan fingerprint density at radius 1 is 0.927 bits per heavy atom. The molecule has 10 nitrogen and oxygen atoms in total. The maximum atomic E-state index is 13.5. The number of imidazole rings is 2. The molecule has 0 radical (unpaired) electrons. The molecule has 0 atom stereocenters. The highest BCUT2D eigenvalue weighted by Gasteiger charge is 2.26. The van der Waals surface area contributed by atoms with E-state index in [-0.39, 0.29) is 11.0 Å². The van der Waals surface area contributed by atoms with Gasteiger partial charge in [-0.25, -0.2) is 28.3 Å². The molecule has 2 aromatic carbocycles. The van der Waals surface area contributed by atoms with Gasteiger partial charge in [-0.3, -0.25) is 0 Å². The summed E-state index contributed by atoms with van der Waals surface area (Å²) in [6.07, 6.45) is 12.2. The fourth-order valence-corrected chi connectivity index (χ4v) is 4.18. The number of aromatic amines is 1. The van der Waals surface area contributed by atoms with Crippen LogP contribution >= 0.6 is 0 Å². The van der Waals surface area contributed by atoms with Crippen molar-refractivity contribution < 1.29 is 38.6 Å². The second-order valence-corrected chi connectivity index (χ2v) is 10.1. The van der Waals surface area contributed by atoms with Gasteiger partial charge in [-0.1, -0.05) is 0 Å². The van der Waals surface area contributed by atoms with Crippen molar-refractivity contribution in [2.45, 2.75) is 51.4 Å². The van der Waals surface area contributed by atoms with Crippen LogP contribution in [0.3, 0.4) is 0 Å². The molecule has 0 spiro atoms. The van der Waals surface area contributed by atoms with Crippen molar-refractivity contribution in [1.29, 1.82) is 0 Å². The molecule has 214 valence electrons. The van der Waals surface area contributed by atoms with Crippen molar-refractivity contribution in [3.8, 4) is 5.69 Å². The number of aryl methyl sites for hydroxylation is 2. The van der Waals surface area contributed by atoms with E-state index in [0.717, 1.165) is 36.6 Å². The first-order chi connectivity index (χ1) is 19.5. The van der Waals surface area contributed by atoms with Crippen LogP contribution in [0.5, 0.6) is 0 Å². The highest BCUT2D eigenvalue weighted by molar-refractivity contribution is 6.59. The maximum Gasteiger partial charge on any atom is 0.488 e. The summed E-state index contributed by atoms with van der Waals surface area (Å²) in [6, 6.07) is 4.47. The van der Waals surface area contributed by atoms with Gasteiger partial charge in [0, 0.05) is 29.9 Å². The van der Waals surface area contributed by atoms with E-state index in [1.165, 1.54) is 37.6 Å². The Morgan fingerprint density at radius 3 is 2.02 bits per heavy atom. The van der Waals surface area contributed by atoms with E-state index in [9.17, 15) is 18.4 Å². The molecule has 2 saturated carbocycles. The van der Waals surface area contributed by atoms with Crippen molar-refractivity contribution in [3.05, 3.63) is 94.6 Å². The van der Waals surface area contributed by atoms with Crippen LogP contribution in [0.2, 0.25) is 0 Å². The minimum atomic E-state index is -1.80. The fourth-order valence-electron chi connectivity index (χ4n) is 4.18. The van der Waals surface area contributed by atoms with Crippen molar-refractivity contribution in [2.75, 3.05) is 0 Å². The second kappa shape index (κ2) is 12.4. The van der Waals surface area contributed by atoms with Crippen molar-refractivity contribution >= 4 is 24.5 Å². The first-order valence-electron chi connectivity index (χ1n) is 12.9. The van der Waals surface area contributed by atoms with E-state index in [1.54, 1.807) is 24.1 Å². The molecule has 0 unspecified atom stereocenters. The van der Waals surface area contributed by atoms with Crippen molar-refractivity contribution in [2.24, 2.45) is 0 Å². The Bertz CT molecular complexity index is 1550. The third kappa shape index (κ3) is 7.44. The molecule has 41 heavy (non-hydrogen) atoms. The first kappa shape index (κ1) is 29.6. The van der Waals surface area contributed by atoms with Gasteiger partial charge in [0.15, 0.2) is 0 Å². The van der Waals surface area contributed by atoms with Gasteiger partial charge in [0.05, 0.1) is 35.2 Å². The number of hydrogen-bond donors (Lipinski definition) is 5. The monoisotopic (exact) mass is 566 g/mol. The van der Waals surface area contributed by atoms with Gasteiger partial charge in [0.25, 0.3) is 0 Å². The summed E-state index contributed by atoms with van der Waals surface area (Å²) in [5.41, 5.74) is 3.05. The van der Waals surface area contributed by atoms with E-state index in [0.29, 0.717) is 22.7 Å². The largest absolute Gasteiger partial charge is 0.488 e. The van der Waals surface area contributed by atoms with Crippen LogP contribution in [0.1, 0.15) is 80.7 Å². The maximum absolute atomic E-state index is 13.5. The summed E-state index contributed by atoms with van der Waals surface area (Å²) in [7, 11) is -1.80. The number of carboxylic acid groups (broad SMARTS) is 2. The number of nitrogens with zero attached hydrogens (tertiary/aromatic N) is 3. The Morgan fingerprint density at radius 2 is 1.51 bits per heavy atom. The number of nitrogens with one attached hydrogen (secondary N) is 1. The quantitative estimate of drug-likeness (QED) is 0.221. The second-order valence-electron chi connectivity index (χ2n) is 10.1. The number of aromatic carboxylic acids is 2. The zero-order valence-electron chi connectivity index (χ0n) is 22.4. The molecule has 2 aromatic heterocycles. The Labute approximate surface area is 234 Å². The van der Waals surface area contributed by atoms with Gasteiger partial charge >= 0.3 is 19.1 Å². The van der Waals surface area contributed by atoms with Crippen LogP contribution in [0.25, 0.3) is 5.69 Å². The zero-order chi connectivity index (χ0) is 29.8. The molecule has 0 amide bonds. The molecular weight excluding hydrogens is 537 g/mol. The lowest BCUT2D eigenvalue weighted by molar-refractivity contribution is 0.0680. The number of carboxylic acids is 2. The molecule has 2 aliphatic carbocycles. The third-order valence-corrected chi connectivity index (χ3v) is 6.79. The number of benzene rings is 2. The Balaban J connectivity index is 0.000000154. The Hall–Kier alpha value is -4.36. The van der Waals surface area contributed by atoms with E-state index in [2.05, 4.69) is 15.0 Å². The van der Waals surface area contributed by atoms with E-state index >= 15 is 0 Å². The smallest absolute Gasteiger partial charge is 0.478 e. The van der Waals surface area contributed by atoms with Crippen LogP contribution in [-0.2, 0) is 0 Å². The summed E-state index contributed by atoms with van der Waals surface area (Å²) in [5, 5.41) is 35.2. The molecule has 13 heteroatoms. The number of H-pyrrole nitrogens is 1. The highest BCUT2D eigenvalue weighted by Crippen LogP contribution is 2.39. The summed E-state index contributed by atoms with van der Waals surface area (Å²) in [4.78, 5) is 32.8. The standard InChI is InChI=1S/C14H13FN2O2.C8H8BFO4.C6H8N2/c1-8-4-11(15)10(14(18)19)5-13(8)17-6-12(16-7-17)9-2-3-9;1-4-2-7(10)5(8(11)12)3-6(4)9(13)14;1-2-5(1)6-3-7-4-8-6/h4-7,9H,2-3H2,1H3,(H,18,19);2-3,13-14H,1H3,(H,11,12);3-5H,1-2H2,(H,7,8). The van der Waals surface area contributed by atoms with Gasteiger partial charge in [-0.2, -0.15) is 0 Å². The molecule has 0 saturated heterocycles. The third-order valence-electron chi connectivity index (χ3n) is 6.79. The first-order valence-corrected chi connectivity index (χ1v) is 12.9. The van der Waals surface area contributed by atoms with Crippen LogP contribution < -0.4 is 5.46 Å². The molecule has 6 rings (SSSR count). The normalized spacial score (nSPS) is 13.9. The average molecular weight is 566 g/mol. The summed E-state index contributed by atoms with van der Waals surface area (Å²) >= 11 is 0. The number of aromatic nitrogens is 4. The summed E-state index contributed by atoms with van der Waals surface area (Å²) < 4.78 is 28.3. The molecule has 2 aliphatic rings. The predicted molar refractivity (Wildman–Crippen MR) is 146 cm³/mol. The van der Waals surface area contributed by atoms with E-state index < -0.39 is 36.3 Å². The molecule has 0 bridgehead atoms. The van der Waals surface area contributed by atoms with Crippen LogP contribution in [0.4, 0.5) is 8.78 Å². The minimum Gasteiger partial charge on any atom is -0.478 e. The van der Waals surface area contributed by atoms with Gasteiger partial charge < -0.3 is 29.8 Å². The van der Waals surface area contributed by atoms with Crippen molar-refractivity contribution in [3.63, 3.8) is 0 Å².